The summed E-state index contributed by atoms with van der Waals surface area (Å²) in [6, 6.07) is 14.7. The molecule has 0 aromatic heterocycles. The van der Waals surface area contributed by atoms with E-state index in [9.17, 15) is 22.4 Å². The highest BCUT2D eigenvalue weighted by atomic mass is 32.2. The largest absolute Gasteiger partial charge is 0.342 e. The van der Waals surface area contributed by atoms with E-state index in [0.29, 0.717) is 39.0 Å². The summed E-state index contributed by atoms with van der Waals surface area (Å²) in [6.07, 6.45) is 1.22. The fourth-order valence-corrected chi connectivity index (χ4v) is 5.86. The van der Waals surface area contributed by atoms with Crippen LogP contribution in [0.4, 0.5) is 10.1 Å². The molecule has 2 heterocycles. The Labute approximate surface area is 199 Å². The molecule has 1 N–H and O–H groups in total. The molecule has 2 amide bonds. The van der Waals surface area contributed by atoms with Crippen LogP contribution in [0.15, 0.2) is 59.5 Å². The Morgan fingerprint density at radius 1 is 0.882 bits per heavy atom. The van der Waals surface area contributed by atoms with Crippen molar-refractivity contribution in [1.82, 2.24) is 14.1 Å². The van der Waals surface area contributed by atoms with Crippen LogP contribution in [0.1, 0.15) is 12.8 Å². The number of benzene rings is 2. The monoisotopic (exact) mass is 488 g/mol. The van der Waals surface area contributed by atoms with Crippen LogP contribution in [0.5, 0.6) is 0 Å². The van der Waals surface area contributed by atoms with Gasteiger partial charge in [-0.25, -0.2) is 12.8 Å². The highest BCUT2D eigenvalue weighted by Crippen LogP contribution is 2.22. The first-order valence-corrected chi connectivity index (χ1v) is 12.9. The van der Waals surface area contributed by atoms with Crippen molar-refractivity contribution in [3.63, 3.8) is 0 Å². The lowest BCUT2D eigenvalue weighted by Gasteiger charge is -2.36. The number of nitrogens with zero attached hydrogens (tertiary/aromatic N) is 3. The molecular weight excluding hydrogens is 459 g/mol. The van der Waals surface area contributed by atoms with Gasteiger partial charge in [0.25, 0.3) is 0 Å². The van der Waals surface area contributed by atoms with E-state index in [2.05, 4.69) is 5.32 Å². The normalized spacial score (nSPS) is 18.6. The van der Waals surface area contributed by atoms with Crippen LogP contribution in [0.2, 0.25) is 0 Å². The second kappa shape index (κ2) is 10.6. The number of hydrogen-bond donors (Lipinski definition) is 1. The Balaban J connectivity index is 1.23. The molecule has 0 atom stereocenters. The van der Waals surface area contributed by atoms with Gasteiger partial charge < -0.3 is 10.2 Å². The predicted octanol–water partition coefficient (Wildman–Crippen LogP) is 2.01. The zero-order valence-corrected chi connectivity index (χ0v) is 19.7. The number of para-hydroxylation sites is 1. The van der Waals surface area contributed by atoms with Crippen LogP contribution in [0, 0.1) is 11.7 Å². The second-order valence-electron chi connectivity index (χ2n) is 8.62. The number of carbonyl (C=O) groups is 2. The van der Waals surface area contributed by atoms with Crippen LogP contribution in [0.3, 0.4) is 0 Å². The lowest BCUT2D eigenvalue weighted by Crippen LogP contribution is -2.52. The maximum Gasteiger partial charge on any atom is 0.246 e. The van der Waals surface area contributed by atoms with E-state index in [1.165, 1.54) is 22.5 Å². The van der Waals surface area contributed by atoms with Crippen molar-refractivity contribution in [2.75, 3.05) is 51.1 Å². The van der Waals surface area contributed by atoms with E-state index in [4.69, 9.17) is 0 Å². The van der Waals surface area contributed by atoms with Gasteiger partial charge in [-0.15, -0.1) is 0 Å². The zero-order valence-electron chi connectivity index (χ0n) is 18.9. The first kappa shape index (κ1) is 24.3. The number of likely N-dealkylation sites (tertiary alicyclic amines) is 1. The number of halogens is 1. The summed E-state index contributed by atoms with van der Waals surface area (Å²) in [6.45, 7) is 2.44. The van der Waals surface area contributed by atoms with Crippen molar-refractivity contribution in [3.8, 4) is 0 Å². The van der Waals surface area contributed by atoms with Crippen LogP contribution in [-0.4, -0.2) is 80.2 Å². The number of sulfonamides is 1. The number of hydrogen-bond acceptors (Lipinski definition) is 5. The van der Waals surface area contributed by atoms with Crippen LogP contribution in [-0.2, 0) is 19.6 Å². The van der Waals surface area contributed by atoms with Gasteiger partial charge in [0.1, 0.15) is 10.7 Å². The molecule has 0 saturated carbocycles. The number of anilines is 1. The standard InChI is InChI=1S/C24H29FN4O4S/c25-21-8-4-5-9-22(21)34(32,33)29-16-14-27(15-17-29)18-23(30)28-12-10-19(11-13-28)24(31)26-20-6-2-1-3-7-20/h1-9,19H,10-18H2,(H,26,31). The third kappa shape index (κ3) is 5.63. The van der Waals surface area contributed by atoms with Crippen molar-refractivity contribution in [2.24, 2.45) is 5.92 Å². The molecule has 0 unspecified atom stereocenters. The summed E-state index contributed by atoms with van der Waals surface area (Å²) in [5.41, 5.74) is 0.766. The molecule has 0 aliphatic carbocycles. The SMILES string of the molecule is O=C(Nc1ccccc1)C1CCN(C(=O)CN2CCN(S(=O)(=O)c3ccccc3F)CC2)CC1. The van der Waals surface area contributed by atoms with E-state index < -0.39 is 15.8 Å². The summed E-state index contributed by atoms with van der Waals surface area (Å²) in [4.78, 5) is 28.6. The van der Waals surface area contributed by atoms with E-state index >= 15 is 0 Å². The molecule has 4 rings (SSSR count). The Bertz CT molecular complexity index is 1110. The summed E-state index contributed by atoms with van der Waals surface area (Å²) in [7, 11) is -3.90. The minimum Gasteiger partial charge on any atom is -0.342 e. The number of nitrogens with one attached hydrogen (secondary N) is 1. The minimum atomic E-state index is -3.90. The zero-order chi connectivity index (χ0) is 24.1. The van der Waals surface area contributed by atoms with Crippen LogP contribution >= 0.6 is 0 Å². The summed E-state index contributed by atoms with van der Waals surface area (Å²) in [5.74, 6) is -0.935. The lowest BCUT2D eigenvalue weighted by molar-refractivity contribution is -0.135. The van der Waals surface area contributed by atoms with Crippen molar-refractivity contribution in [2.45, 2.75) is 17.7 Å². The molecule has 2 fully saturated rings. The third-order valence-electron chi connectivity index (χ3n) is 6.40. The van der Waals surface area contributed by atoms with Gasteiger partial charge in [0.2, 0.25) is 21.8 Å². The molecule has 10 heteroatoms. The molecule has 0 bridgehead atoms. The Hall–Kier alpha value is -2.82. The van der Waals surface area contributed by atoms with E-state index in [1.807, 2.05) is 35.2 Å². The summed E-state index contributed by atoms with van der Waals surface area (Å²) >= 11 is 0. The molecule has 0 radical (unpaired) electrons. The highest BCUT2D eigenvalue weighted by molar-refractivity contribution is 7.89. The van der Waals surface area contributed by atoms with Crippen LogP contribution < -0.4 is 5.32 Å². The van der Waals surface area contributed by atoms with Gasteiger partial charge in [-0.1, -0.05) is 30.3 Å². The summed E-state index contributed by atoms with van der Waals surface area (Å²) in [5, 5.41) is 2.93. The molecular formula is C24H29FN4O4S. The van der Waals surface area contributed by atoms with Crippen molar-refractivity contribution < 1.29 is 22.4 Å². The predicted molar refractivity (Wildman–Crippen MR) is 126 cm³/mol. The highest BCUT2D eigenvalue weighted by Gasteiger charge is 2.32. The molecule has 34 heavy (non-hydrogen) atoms. The molecule has 2 aliphatic heterocycles. The van der Waals surface area contributed by atoms with Crippen molar-refractivity contribution in [1.29, 1.82) is 0 Å². The number of piperazine rings is 1. The molecule has 2 aromatic carbocycles. The van der Waals surface area contributed by atoms with Crippen molar-refractivity contribution >= 4 is 27.5 Å². The molecule has 2 aliphatic rings. The molecule has 2 aromatic rings. The fourth-order valence-electron chi connectivity index (χ4n) is 4.37. The minimum absolute atomic E-state index is 0.0210. The van der Waals surface area contributed by atoms with Gasteiger partial charge in [-0.2, -0.15) is 4.31 Å². The van der Waals surface area contributed by atoms with Crippen molar-refractivity contribution in [3.05, 3.63) is 60.4 Å². The Morgan fingerprint density at radius 3 is 2.15 bits per heavy atom. The number of carbonyl (C=O) groups excluding carboxylic acids is 2. The molecule has 8 nitrogen and oxygen atoms in total. The van der Waals surface area contributed by atoms with Gasteiger partial charge in [-0.05, 0) is 37.1 Å². The van der Waals surface area contributed by atoms with Crippen LogP contribution in [0.25, 0.3) is 0 Å². The average Bonchev–Trinajstić information content (AvgIpc) is 2.85. The smallest absolute Gasteiger partial charge is 0.246 e. The van der Waals surface area contributed by atoms with Gasteiger partial charge in [0.15, 0.2) is 0 Å². The second-order valence-corrected chi connectivity index (χ2v) is 10.5. The Kier molecular flexibility index (Phi) is 7.60. The average molecular weight is 489 g/mol. The first-order chi connectivity index (χ1) is 16.3. The molecule has 182 valence electrons. The van der Waals surface area contributed by atoms with E-state index in [1.54, 1.807) is 4.90 Å². The third-order valence-corrected chi connectivity index (χ3v) is 8.34. The number of piperidine rings is 1. The maximum absolute atomic E-state index is 14.0. The van der Waals surface area contributed by atoms with E-state index in [-0.39, 0.29) is 42.3 Å². The van der Waals surface area contributed by atoms with Gasteiger partial charge in [0, 0.05) is 50.9 Å². The topological polar surface area (TPSA) is 90.0 Å². The van der Waals surface area contributed by atoms with E-state index in [0.717, 1.165) is 11.8 Å². The molecule has 2 saturated heterocycles. The molecule has 0 spiro atoms. The lowest BCUT2D eigenvalue weighted by atomic mass is 9.95. The quantitative estimate of drug-likeness (QED) is 0.672. The fraction of sp³-hybridized carbons (Fsp3) is 0.417. The maximum atomic E-state index is 14.0. The van der Waals surface area contributed by atoms with Gasteiger partial charge >= 0.3 is 0 Å². The number of rotatable bonds is 6. The van der Waals surface area contributed by atoms with Gasteiger partial charge in [0.05, 0.1) is 6.54 Å². The Morgan fingerprint density at radius 2 is 1.50 bits per heavy atom. The number of amides is 2. The van der Waals surface area contributed by atoms with Gasteiger partial charge in [-0.3, -0.25) is 14.5 Å². The summed E-state index contributed by atoms with van der Waals surface area (Å²) < 4.78 is 40.7. The first-order valence-electron chi connectivity index (χ1n) is 11.5.